The number of aryl methyl sites for hydroxylation is 2. The van der Waals surface area contributed by atoms with E-state index in [1.165, 1.54) is 122 Å². The summed E-state index contributed by atoms with van der Waals surface area (Å²) < 4.78 is 0. The highest BCUT2D eigenvalue weighted by Gasteiger charge is 2.21. The van der Waals surface area contributed by atoms with E-state index in [1.807, 2.05) is 50.2 Å². The molecule has 2 aromatic rings. The highest BCUT2D eigenvalue weighted by atomic mass is 16.3. The second-order valence-electron chi connectivity index (χ2n) is 12.1. The monoisotopic (exact) mass is 536 g/mol. The van der Waals surface area contributed by atoms with Crippen LogP contribution in [0.15, 0.2) is 36.4 Å². The van der Waals surface area contributed by atoms with Crippen LogP contribution >= 0.6 is 0 Å². The number of unbranched alkanes of at least 4 members (excludes halogenated alkanes) is 19. The van der Waals surface area contributed by atoms with Crippen LogP contribution in [0.4, 0.5) is 0 Å². The van der Waals surface area contributed by atoms with Gasteiger partial charge in [-0.05, 0) is 31.4 Å². The third kappa shape index (κ3) is 13.3. The third-order valence-corrected chi connectivity index (χ3v) is 8.64. The maximum atomic E-state index is 10.8. The van der Waals surface area contributed by atoms with Crippen molar-refractivity contribution in [3.8, 4) is 11.5 Å². The number of hydrogen-bond donors (Lipinski definition) is 2. The molecule has 2 rings (SSSR count). The Labute approximate surface area is 241 Å². The minimum Gasteiger partial charge on any atom is -0.507 e. The lowest BCUT2D eigenvalue weighted by atomic mass is 9.84. The molecule has 0 aliphatic heterocycles. The summed E-state index contributed by atoms with van der Waals surface area (Å²) in [5.74, 6) is 0.772. The molecule has 0 atom stereocenters. The number of benzene rings is 2. The first-order chi connectivity index (χ1) is 19.1. The van der Waals surface area contributed by atoms with E-state index in [0.717, 1.165) is 35.1 Å². The highest BCUT2D eigenvalue weighted by molar-refractivity contribution is 5.50. The fraction of sp³-hybridized carbons (Fsp3) is 0.676. The van der Waals surface area contributed by atoms with E-state index in [1.54, 1.807) is 0 Å². The molecule has 0 saturated carbocycles. The van der Waals surface area contributed by atoms with Crippen LogP contribution in [-0.4, -0.2) is 10.2 Å². The Morgan fingerprint density at radius 2 is 0.769 bits per heavy atom. The summed E-state index contributed by atoms with van der Waals surface area (Å²) in [7, 11) is 0. The zero-order valence-electron chi connectivity index (χ0n) is 25.8. The topological polar surface area (TPSA) is 40.5 Å². The Morgan fingerprint density at radius 3 is 1.10 bits per heavy atom. The number of aromatic hydroxyl groups is 2. The van der Waals surface area contributed by atoms with Crippen LogP contribution in [0.5, 0.6) is 11.5 Å². The van der Waals surface area contributed by atoms with E-state index in [0.29, 0.717) is 11.5 Å². The molecule has 2 N–H and O–H groups in total. The molecule has 2 heteroatoms. The van der Waals surface area contributed by atoms with Gasteiger partial charge in [0, 0.05) is 17.0 Å². The van der Waals surface area contributed by atoms with Gasteiger partial charge in [0.05, 0.1) is 0 Å². The highest BCUT2D eigenvalue weighted by Crippen LogP contribution is 2.41. The molecule has 0 bridgehead atoms. The normalized spacial score (nSPS) is 11.5. The SMILES string of the molecule is CCCCCCCCCCCCCCCCCCCCCCC(c1cccc(C)c1O)c1cccc(C)c1O. The van der Waals surface area contributed by atoms with E-state index in [2.05, 4.69) is 6.92 Å². The number of para-hydroxylation sites is 2. The Hall–Kier alpha value is -1.96. The first-order valence-electron chi connectivity index (χ1n) is 16.6. The average Bonchev–Trinajstić information content (AvgIpc) is 2.93. The van der Waals surface area contributed by atoms with Gasteiger partial charge in [0.15, 0.2) is 0 Å². The van der Waals surface area contributed by atoms with Gasteiger partial charge in [-0.3, -0.25) is 0 Å². The number of phenolic OH excluding ortho intramolecular Hbond substituents is 2. The Bertz CT molecular complexity index is 835. The number of hydrogen-bond acceptors (Lipinski definition) is 2. The van der Waals surface area contributed by atoms with Gasteiger partial charge in [-0.2, -0.15) is 0 Å². The molecule has 0 aliphatic rings. The van der Waals surface area contributed by atoms with Crippen LogP contribution < -0.4 is 0 Å². The molecule has 0 unspecified atom stereocenters. The van der Waals surface area contributed by atoms with Gasteiger partial charge in [0.25, 0.3) is 0 Å². The van der Waals surface area contributed by atoms with E-state index >= 15 is 0 Å². The van der Waals surface area contributed by atoms with Crippen molar-refractivity contribution in [1.29, 1.82) is 0 Å². The molecule has 2 nitrogen and oxygen atoms in total. The number of phenols is 2. The summed E-state index contributed by atoms with van der Waals surface area (Å²) in [6, 6.07) is 12.0. The predicted molar refractivity (Wildman–Crippen MR) is 170 cm³/mol. The molecule has 0 fully saturated rings. The minimum atomic E-state index is 0.0281. The first-order valence-corrected chi connectivity index (χ1v) is 16.6. The fourth-order valence-electron chi connectivity index (χ4n) is 6.01. The summed E-state index contributed by atoms with van der Waals surface area (Å²) in [5, 5.41) is 21.5. The van der Waals surface area contributed by atoms with Crippen LogP contribution in [-0.2, 0) is 0 Å². The molecular weight excluding hydrogens is 476 g/mol. The smallest absolute Gasteiger partial charge is 0.122 e. The average molecular weight is 537 g/mol. The zero-order valence-corrected chi connectivity index (χ0v) is 25.8. The van der Waals surface area contributed by atoms with Crippen LogP contribution in [0.2, 0.25) is 0 Å². The standard InChI is InChI=1S/C37H60O2/c1-4-5-6-7-8-9-10-11-12-13-14-15-16-17-18-19-20-21-22-23-28-33(34-29-24-26-31(2)36(34)38)35-30-25-27-32(3)37(35)39/h24-27,29-30,33,38-39H,4-23,28H2,1-3H3. The first kappa shape index (κ1) is 33.2. The maximum Gasteiger partial charge on any atom is 0.122 e. The van der Waals surface area contributed by atoms with Gasteiger partial charge >= 0.3 is 0 Å². The van der Waals surface area contributed by atoms with Gasteiger partial charge in [-0.15, -0.1) is 0 Å². The van der Waals surface area contributed by atoms with Crippen LogP contribution in [0.1, 0.15) is 170 Å². The molecule has 220 valence electrons. The molecule has 0 radical (unpaired) electrons. The van der Waals surface area contributed by atoms with Crippen molar-refractivity contribution in [2.24, 2.45) is 0 Å². The lowest BCUT2D eigenvalue weighted by Crippen LogP contribution is -2.04. The fourth-order valence-corrected chi connectivity index (χ4v) is 6.01. The van der Waals surface area contributed by atoms with Gasteiger partial charge in [0.1, 0.15) is 11.5 Å². The Morgan fingerprint density at radius 1 is 0.462 bits per heavy atom. The van der Waals surface area contributed by atoms with Crippen molar-refractivity contribution < 1.29 is 10.2 Å². The van der Waals surface area contributed by atoms with E-state index < -0.39 is 0 Å². The van der Waals surface area contributed by atoms with Gasteiger partial charge in [-0.1, -0.05) is 172 Å². The molecule has 0 saturated heterocycles. The molecule has 0 spiro atoms. The lowest BCUT2D eigenvalue weighted by molar-refractivity contribution is 0.443. The van der Waals surface area contributed by atoms with Crippen LogP contribution in [0.25, 0.3) is 0 Å². The molecule has 0 aromatic heterocycles. The molecule has 39 heavy (non-hydrogen) atoms. The predicted octanol–water partition coefficient (Wildman–Crippen LogP) is 12.1. The van der Waals surface area contributed by atoms with Crippen LogP contribution in [0.3, 0.4) is 0 Å². The van der Waals surface area contributed by atoms with Crippen molar-refractivity contribution >= 4 is 0 Å². The van der Waals surface area contributed by atoms with Gasteiger partial charge in [-0.25, -0.2) is 0 Å². The summed E-state index contributed by atoms with van der Waals surface area (Å²) in [5.41, 5.74) is 3.67. The summed E-state index contributed by atoms with van der Waals surface area (Å²) in [6.07, 6.45) is 28.7. The second kappa shape index (κ2) is 20.9. The van der Waals surface area contributed by atoms with Crippen molar-refractivity contribution in [3.63, 3.8) is 0 Å². The maximum absolute atomic E-state index is 10.8. The van der Waals surface area contributed by atoms with Crippen molar-refractivity contribution in [2.75, 3.05) is 0 Å². The van der Waals surface area contributed by atoms with Crippen molar-refractivity contribution in [3.05, 3.63) is 58.7 Å². The van der Waals surface area contributed by atoms with Gasteiger partial charge < -0.3 is 10.2 Å². The van der Waals surface area contributed by atoms with E-state index in [-0.39, 0.29) is 5.92 Å². The van der Waals surface area contributed by atoms with Crippen LogP contribution in [0, 0.1) is 13.8 Å². The molecular formula is C37H60O2. The Balaban J connectivity index is 1.52. The molecule has 0 heterocycles. The van der Waals surface area contributed by atoms with Crippen molar-refractivity contribution in [2.45, 2.75) is 162 Å². The third-order valence-electron chi connectivity index (χ3n) is 8.64. The van der Waals surface area contributed by atoms with Gasteiger partial charge in [0.2, 0.25) is 0 Å². The van der Waals surface area contributed by atoms with E-state index in [4.69, 9.17) is 0 Å². The number of rotatable bonds is 23. The van der Waals surface area contributed by atoms with Crippen molar-refractivity contribution in [1.82, 2.24) is 0 Å². The second-order valence-corrected chi connectivity index (χ2v) is 12.1. The minimum absolute atomic E-state index is 0.0281. The molecule has 2 aromatic carbocycles. The van der Waals surface area contributed by atoms with E-state index in [9.17, 15) is 10.2 Å². The Kier molecular flexibility index (Phi) is 17.8. The summed E-state index contributed by atoms with van der Waals surface area (Å²) in [6.45, 7) is 6.19. The lowest BCUT2D eigenvalue weighted by Gasteiger charge is -2.22. The largest absolute Gasteiger partial charge is 0.507 e. The zero-order chi connectivity index (χ0) is 28.1. The summed E-state index contributed by atoms with van der Waals surface area (Å²) in [4.78, 5) is 0. The molecule has 0 aliphatic carbocycles. The quantitative estimate of drug-likeness (QED) is 0.139. The molecule has 0 amide bonds. The summed E-state index contributed by atoms with van der Waals surface area (Å²) >= 11 is 0.